The van der Waals surface area contributed by atoms with E-state index in [0.29, 0.717) is 23.0 Å². The van der Waals surface area contributed by atoms with Crippen molar-refractivity contribution in [3.63, 3.8) is 0 Å². The van der Waals surface area contributed by atoms with E-state index in [4.69, 9.17) is 9.47 Å². The third-order valence-electron chi connectivity index (χ3n) is 5.02. The zero-order valence-corrected chi connectivity index (χ0v) is 16.3. The second-order valence-corrected chi connectivity index (χ2v) is 6.59. The van der Waals surface area contributed by atoms with Crippen LogP contribution in [0.4, 0.5) is 23.0 Å². The molecule has 2 heterocycles. The van der Waals surface area contributed by atoms with Crippen molar-refractivity contribution in [3.8, 4) is 11.5 Å². The van der Waals surface area contributed by atoms with Crippen LogP contribution in [0.15, 0.2) is 24.5 Å². The Labute approximate surface area is 163 Å². The zero-order chi connectivity index (χ0) is 20.1. The molecule has 1 aliphatic heterocycles. The number of anilines is 3. The van der Waals surface area contributed by atoms with Crippen LogP contribution in [0.5, 0.6) is 11.5 Å². The molecule has 1 N–H and O–H groups in total. The average Bonchev–Trinajstić information content (AvgIpc) is 2.73. The van der Waals surface area contributed by atoms with Gasteiger partial charge in [-0.1, -0.05) is 6.92 Å². The quantitative estimate of drug-likeness (QED) is 0.563. The molecule has 1 aromatic carbocycles. The van der Waals surface area contributed by atoms with Gasteiger partial charge in [-0.05, 0) is 37.8 Å². The van der Waals surface area contributed by atoms with Crippen molar-refractivity contribution in [2.24, 2.45) is 0 Å². The van der Waals surface area contributed by atoms with E-state index in [-0.39, 0.29) is 17.5 Å². The Bertz CT molecular complexity index is 845. The first kappa shape index (κ1) is 19.7. The molecule has 0 spiro atoms. The summed E-state index contributed by atoms with van der Waals surface area (Å²) >= 11 is 0. The molecule has 1 aliphatic rings. The van der Waals surface area contributed by atoms with Gasteiger partial charge in [-0.3, -0.25) is 10.1 Å². The lowest BCUT2D eigenvalue weighted by molar-refractivity contribution is -0.383. The highest BCUT2D eigenvalue weighted by Gasteiger charge is 2.32. The van der Waals surface area contributed by atoms with Gasteiger partial charge in [0.1, 0.15) is 17.8 Å². The zero-order valence-electron chi connectivity index (χ0n) is 16.3. The van der Waals surface area contributed by atoms with Crippen LogP contribution in [0.2, 0.25) is 0 Å². The molecule has 2 aromatic rings. The van der Waals surface area contributed by atoms with Crippen LogP contribution in [0.25, 0.3) is 0 Å². The van der Waals surface area contributed by atoms with Gasteiger partial charge in [0.25, 0.3) is 0 Å². The fourth-order valence-corrected chi connectivity index (χ4v) is 3.57. The number of nitrogens with zero attached hydrogens (tertiary/aromatic N) is 4. The SMILES string of the molecule is CCC1CCCCN1c1ncnc(Nc2ccc(OC)cc2OC)c1[N+](=O)[O-]. The second kappa shape index (κ2) is 8.73. The molecule has 1 fully saturated rings. The van der Waals surface area contributed by atoms with Crippen LogP contribution in [0, 0.1) is 10.1 Å². The monoisotopic (exact) mass is 387 g/mol. The van der Waals surface area contributed by atoms with E-state index < -0.39 is 4.92 Å². The van der Waals surface area contributed by atoms with Crippen molar-refractivity contribution in [1.82, 2.24) is 9.97 Å². The van der Waals surface area contributed by atoms with Crippen LogP contribution >= 0.6 is 0 Å². The Balaban J connectivity index is 2.02. The molecule has 0 radical (unpaired) electrons. The maximum Gasteiger partial charge on any atom is 0.353 e. The third-order valence-corrected chi connectivity index (χ3v) is 5.02. The van der Waals surface area contributed by atoms with E-state index in [9.17, 15) is 10.1 Å². The standard InChI is InChI=1S/C19H25N5O4/c1-4-13-7-5-6-10-23(13)19-17(24(25)26)18(20-12-21-19)22-15-9-8-14(27-2)11-16(15)28-3/h8-9,11-13H,4-7,10H2,1-3H3,(H,20,21,22). The predicted octanol–water partition coefficient (Wildman–Crippen LogP) is 3.91. The average molecular weight is 387 g/mol. The van der Waals surface area contributed by atoms with Gasteiger partial charge in [-0.15, -0.1) is 0 Å². The molecule has 3 rings (SSSR count). The fraction of sp³-hybridized carbons (Fsp3) is 0.474. The number of piperidine rings is 1. The Morgan fingerprint density at radius 3 is 2.79 bits per heavy atom. The first-order valence-electron chi connectivity index (χ1n) is 9.34. The number of rotatable bonds is 7. The molecule has 150 valence electrons. The Morgan fingerprint density at radius 1 is 1.29 bits per heavy atom. The fourth-order valence-electron chi connectivity index (χ4n) is 3.57. The molecule has 0 saturated carbocycles. The third kappa shape index (κ3) is 3.92. The second-order valence-electron chi connectivity index (χ2n) is 6.59. The number of nitro groups is 1. The van der Waals surface area contributed by atoms with E-state index in [1.807, 2.05) is 4.90 Å². The molecule has 1 aromatic heterocycles. The Hall–Kier alpha value is -3.10. The molecular formula is C19H25N5O4. The van der Waals surface area contributed by atoms with Crippen molar-refractivity contribution in [3.05, 3.63) is 34.6 Å². The first-order valence-corrected chi connectivity index (χ1v) is 9.34. The molecule has 0 aliphatic carbocycles. The Kier molecular flexibility index (Phi) is 6.13. The summed E-state index contributed by atoms with van der Waals surface area (Å²) < 4.78 is 10.6. The van der Waals surface area contributed by atoms with Gasteiger partial charge in [-0.2, -0.15) is 0 Å². The van der Waals surface area contributed by atoms with Crippen molar-refractivity contribution < 1.29 is 14.4 Å². The minimum Gasteiger partial charge on any atom is -0.497 e. The van der Waals surface area contributed by atoms with E-state index in [0.717, 1.165) is 32.2 Å². The summed E-state index contributed by atoms with van der Waals surface area (Å²) in [5, 5.41) is 15.0. The van der Waals surface area contributed by atoms with Gasteiger partial charge < -0.3 is 19.7 Å². The van der Waals surface area contributed by atoms with Gasteiger partial charge in [0.2, 0.25) is 11.6 Å². The van der Waals surface area contributed by atoms with Crippen LogP contribution in [-0.2, 0) is 0 Å². The van der Waals surface area contributed by atoms with Crippen molar-refractivity contribution >= 4 is 23.0 Å². The lowest BCUT2D eigenvalue weighted by Gasteiger charge is -2.35. The Morgan fingerprint density at radius 2 is 2.11 bits per heavy atom. The minimum absolute atomic E-state index is 0.124. The highest BCUT2D eigenvalue weighted by atomic mass is 16.6. The highest BCUT2D eigenvalue weighted by Crippen LogP contribution is 2.39. The smallest absolute Gasteiger partial charge is 0.353 e. The van der Waals surface area contributed by atoms with Crippen LogP contribution in [0.1, 0.15) is 32.6 Å². The van der Waals surface area contributed by atoms with Gasteiger partial charge in [0, 0.05) is 18.7 Å². The molecule has 1 atom stereocenters. The number of hydrogen-bond acceptors (Lipinski definition) is 8. The largest absolute Gasteiger partial charge is 0.497 e. The number of aromatic nitrogens is 2. The van der Waals surface area contributed by atoms with Crippen LogP contribution in [0.3, 0.4) is 0 Å². The highest BCUT2D eigenvalue weighted by molar-refractivity contribution is 5.77. The van der Waals surface area contributed by atoms with E-state index in [1.165, 1.54) is 13.4 Å². The summed E-state index contributed by atoms with van der Waals surface area (Å²) in [5.41, 5.74) is 0.433. The number of hydrogen-bond donors (Lipinski definition) is 1. The maximum atomic E-state index is 11.9. The lowest BCUT2D eigenvalue weighted by Crippen LogP contribution is -2.40. The van der Waals surface area contributed by atoms with Gasteiger partial charge in [0.15, 0.2) is 0 Å². The molecular weight excluding hydrogens is 362 g/mol. The first-order chi connectivity index (χ1) is 13.6. The van der Waals surface area contributed by atoms with Crippen molar-refractivity contribution in [2.75, 3.05) is 31.0 Å². The number of benzene rings is 1. The van der Waals surface area contributed by atoms with Crippen LogP contribution < -0.4 is 19.7 Å². The molecule has 28 heavy (non-hydrogen) atoms. The molecule has 9 heteroatoms. The summed E-state index contributed by atoms with van der Waals surface area (Å²) in [7, 11) is 3.09. The summed E-state index contributed by atoms with van der Waals surface area (Å²) in [6.45, 7) is 2.85. The normalized spacial score (nSPS) is 16.5. The summed E-state index contributed by atoms with van der Waals surface area (Å²) in [6, 6.07) is 5.43. The molecule has 9 nitrogen and oxygen atoms in total. The summed E-state index contributed by atoms with van der Waals surface area (Å²) in [5.74, 6) is 1.62. The topological polar surface area (TPSA) is 103 Å². The molecule has 0 amide bonds. The molecule has 1 unspecified atom stereocenters. The summed E-state index contributed by atoms with van der Waals surface area (Å²) in [4.78, 5) is 22.0. The van der Waals surface area contributed by atoms with Gasteiger partial charge >= 0.3 is 5.69 Å². The maximum absolute atomic E-state index is 11.9. The summed E-state index contributed by atoms with van der Waals surface area (Å²) in [6.07, 6.45) is 5.40. The number of nitrogens with one attached hydrogen (secondary N) is 1. The van der Waals surface area contributed by atoms with Gasteiger partial charge in [0.05, 0.1) is 24.8 Å². The lowest BCUT2D eigenvalue weighted by atomic mass is 10.00. The van der Waals surface area contributed by atoms with E-state index in [2.05, 4.69) is 22.2 Å². The van der Waals surface area contributed by atoms with Gasteiger partial charge in [-0.25, -0.2) is 9.97 Å². The van der Waals surface area contributed by atoms with E-state index >= 15 is 0 Å². The number of ether oxygens (including phenoxy) is 2. The van der Waals surface area contributed by atoms with Crippen LogP contribution in [-0.4, -0.2) is 41.7 Å². The molecule has 1 saturated heterocycles. The van der Waals surface area contributed by atoms with Crippen molar-refractivity contribution in [2.45, 2.75) is 38.6 Å². The minimum atomic E-state index is -0.422. The molecule has 0 bridgehead atoms. The van der Waals surface area contributed by atoms with E-state index in [1.54, 1.807) is 25.3 Å². The van der Waals surface area contributed by atoms with Crippen molar-refractivity contribution in [1.29, 1.82) is 0 Å². The number of methoxy groups -OCH3 is 2. The predicted molar refractivity (Wildman–Crippen MR) is 107 cm³/mol.